The summed E-state index contributed by atoms with van der Waals surface area (Å²) in [4.78, 5) is 16.7. The Morgan fingerprint density at radius 3 is 2.86 bits per heavy atom. The second-order valence-electron chi connectivity index (χ2n) is 6.12. The highest BCUT2D eigenvalue weighted by molar-refractivity contribution is 9.10. The Balaban J connectivity index is 1.57. The van der Waals surface area contributed by atoms with Crippen LogP contribution >= 0.6 is 27.3 Å². The van der Waals surface area contributed by atoms with E-state index in [4.69, 9.17) is 9.47 Å². The van der Waals surface area contributed by atoms with E-state index in [1.54, 1.807) is 7.11 Å². The third kappa shape index (κ3) is 5.33. The van der Waals surface area contributed by atoms with Crippen LogP contribution in [0, 0.1) is 0 Å². The van der Waals surface area contributed by atoms with Crippen molar-refractivity contribution < 1.29 is 14.3 Å². The van der Waals surface area contributed by atoms with Gasteiger partial charge in [-0.2, -0.15) is 0 Å². The first-order valence-electron chi connectivity index (χ1n) is 8.90. The van der Waals surface area contributed by atoms with Crippen molar-refractivity contribution in [1.82, 2.24) is 4.98 Å². The van der Waals surface area contributed by atoms with Crippen LogP contribution in [-0.2, 0) is 11.2 Å². The highest BCUT2D eigenvalue weighted by atomic mass is 79.9. The number of nitrogens with one attached hydrogen (secondary N) is 1. The minimum atomic E-state index is -0.254. The van der Waals surface area contributed by atoms with E-state index in [0.717, 1.165) is 34.3 Å². The third-order valence-electron chi connectivity index (χ3n) is 4.01. The molecule has 1 amide bonds. The number of thiazole rings is 1. The largest absolute Gasteiger partial charge is 0.497 e. The number of hydrogen-bond donors (Lipinski definition) is 1. The number of amides is 1. The number of carbonyl (C=O) groups excluding carboxylic acids is 1. The smallest absolute Gasteiger partial charge is 0.264 e. The second kappa shape index (κ2) is 9.71. The fourth-order valence-corrected chi connectivity index (χ4v) is 3.93. The summed E-state index contributed by atoms with van der Waals surface area (Å²) in [7, 11) is 1.63. The summed E-state index contributed by atoms with van der Waals surface area (Å²) in [6.07, 6.45) is 2.10. The van der Waals surface area contributed by atoms with E-state index in [2.05, 4.69) is 33.2 Å². The standard InChI is InChI=1S/C21H21BrN2O3S/c1-3-5-14-8-9-19(17(22)10-14)27-12-20(25)24-21-23-18(13-28-21)15-6-4-7-16(11-15)26-2/h4,6-11,13H,3,5,12H2,1-2H3,(H,23,24,25). The van der Waals surface area contributed by atoms with Crippen molar-refractivity contribution in [1.29, 1.82) is 0 Å². The zero-order valence-corrected chi connectivity index (χ0v) is 18.1. The Hall–Kier alpha value is -2.38. The fourth-order valence-electron chi connectivity index (χ4n) is 2.65. The number of hydrogen-bond acceptors (Lipinski definition) is 5. The number of rotatable bonds is 8. The SMILES string of the molecule is CCCc1ccc(OCC(=O)Nc2nc(-c3cccc(OC)c3)cs2)c(Br)c1. The van der Waals surface area contributed by atoms with E-state index in [1.165, 1.54) is 16.9 Å². The minimum Gasteiger partial charge on any atom is -0.497 e. The zero-order chi connectivity index (χ0) is 19.9. The molecule has 0 radical (unpaired) electrons. The Kier molecular flexibility index (Phi) is 7.06. The molecule has 0 fully saturated rings. The first kappa shape index (κ1) is 20.4. The van der Waals surface area contributed by atoms with Gasteiger partial charge in [-0.05, 0) is 52.2 Å². The molecule has 0 saturated heterocycles. The molecule has 7 heteroatoms. The molecule has 0 aliphatic carbocycles. The summed E-state index contributed by atoms with van der Waals surface area (Å²) in [5.41, 5.74) is 2.96. The van der Waals surface area contributed by atoms with Crippen LogP contribution in [0.15, 0.2) is 52.3 Å². The molecule has 3 aromatic rings. The molecule has 2 aromatic carbocycles. The van der Waals surface area contributed by atoms with Crippen LogP contribution < -0.4 is 14.8 Å². The lowest BCUT2D eigenvalue weighted by Gasteiger charge is -2.09. The van der Waals surface area contributed by atoms with Crippen LogP contribution in [0.5, 0.6) is 11.5 Å². The van der Waals surface area contributed by atoms with Crippen LogP contribution in [0.4, 0.5) is 5.13 Å². The molecule has 1 N–H and O–H groups in total. The molecular weight excluding hydrogens is 440 g/mol. The lowest BCUT2D eigenvalue weighted by Crippen LogP contribution is -2.20. The summed E-state index contributed by atoms with van der Waals surface area (Å²) in [5.74, 6) is 1.15. The molecule has 0 unspecified atom stereocenters. The summed E-state index contributed by atoms with van der Waals surface area (Å²) >= 11 is 4.87. The minimum absolute atomic E-state index is 0.0835. The third-order valence-corrected chi connectivity index (χ3v) is 5.39. The number of carbonyl (C=O) groups is 1. The van der Waals surface area contributed by atoms with Crippen molar-refractivity contribution in [2.24, 2.45) is 0 Å². The topological polar surface area (TPSA) is 60.5 Å². The molecule has 3 rings (SSSR count). The zero-order valence-electron chi connectivity index (χ0n) is 15.7. The number of ether oxygens (including phenoxy) is 2. The molecule has 1 aromatic heterocycles. The van der Waals surface area contributed by atoms with Crippen molar-refractivity contribution in [3.63, 3.8) is 0 Å². The van der Waals surface area contributed by atoms with Gasteiger partial charge in [0.15, 0.2) is 11.7 Å². The maximum Gasteiger partial charge on any atom is 0.264 e. The van der Waals surface area contributed by atoms with E-state index in [9.17, 15) is 4.79 Å². The number of benzene rings is 2. The molecule has 28 heavy (non-hydrogen) atoms. The highest BCUT2D eigenvalue weighted by Crippen LogP contribution is 2.28. The van der Waals surface area contributed by atoms with Gasteiger partial charge >= 0.3 is 0 Å². The van der Waals surface area contributed by atoms with Crippen molar-refractivity contribution in [2.75, 3.05) is 19.0 Å². The number of aryl methyl sites for hydroxylation is 1. The van der Waals surface area contributed by atoms with Gasteiger partial charge in [0.1, 0.15) is 11.5 Å². The van der Waals surface area contributed by atoms with Crippen LogP contribution in [0.25, 0.3) is 11.3 Å². The summed E-state index contributed by atoms with van der Waals surface area (Å²) in [6, 6.07) is 13.6. The maximum atomic E-state index is 12.2. The molecule has 1 heterocycles. The van der Waals surface area contributed by atoms with Crippen LogP contribution in [-0.4, -0.2) is 24.6 Å². The Morgan fingerprint density at radius 1 is 1.25 bits per heavy atom. The van der Waals surface area contributed by atoms with E-state index < -0.39 is 0 Å². The predicted molar refractivity (Wildman–Crippen MR) is 116 cm³/mol. The molecule has 0 spiro atoms. The van der Waals surface area contributed by atoms with Crippen LogP contribution in [0.2, 0.25) is 0 Å². The van der Waals surface area contributed by atoms with Crippen LogP contribution in [0.3, 0.4) is 0 Å². The van der Waals surface area contributed by atoms with Crippen molar-refractivity contribution in [3.8, 4) is 22.8 Å². The van der Waals surface area contributed by atoms with Gasteiger partial charge in [0.25, 0.3) is 5.91 Å². The van der Waals surface area contributed by atoms with Gasteiger partial charge in [-0.3, -0.25) is 10.1 Å². The molecule has 0 aliphatic heterocycles. The average Bonchev–Trinajstić information content (AvgIpc) is 3.16. The van der Waals surface area contributed by atoms with Crippen molar-refractivity contribution >= 4 is 38.3 Å². The second-order valence-corrected chi connectivity index (χ2v) is 7.83. The first-order chi connectivity index (χ1) is 13.6. The first-order valence-corrected chi connectivity index (χ1v) is 10.6. The van der Waals surface area contributed by atoms with Gasteiger partial charge in [0.2, 0.25) is 0 Å². The Morgan fingerprint density at radius 2 is 2.11 bits per heavy atom. The lowest BCUT2D eigenvalue weighted by molar-refractivity contribution is -0.118. The van der Waals surface area contributed by atoms with E-state index in [1.807, 2.05) is 47.8 Å². The predicted octanol–water partition coefficient (Wildman–Crippen LogP) is 5.55. The number of methoxy groups -OCH3 is 1. The number of anilines is 1. The Labute approximate surface area is 176 Å². The summed E-state index contributed by atoms with van der Waals surface area (Å²) < 4.78 is 11.7. The average molecular weight is 461 g/mol. The van der Waals surface area contributed by atoms with Crippen molar-refractivity contribution in [3.05, 3.63) is 57.9 Å². The lowest BCUT2D eigenvalue weighted by atomic mass is 10.1. The molecular formula is C21H21BrN2O3S. The normalized spacial score (nSPS) is 10.5. The number of halogens is 1. The molecule has 0 atom stereocenters. The summed E-state index contributed by atoms with van der Waals surface area (Å²) in [6.45, 7) is 2.06. The van der Waals surface area contributed by atoms with Gasteiger partial charge in [-0.15, -0.1) is 11.3 Å². The fraction of sp³-hybridized carbons (Fsp3) is 0.238. The van der Waals surface area contributed by atoms with Gasteiger partial charge in [-0.25, -0.2) is 4.98 Å². The van der Waals surface area contributed by atoms with Gasteiger partial charge in [0, 0.05) is 10.9 Å². The van der Waals surface area contributed by atoms with E-state index >= 15 is 0 Å². The van der Waals surface area contributed by atoms with E-state index in [-0.39, 0.29) is 12.5 Å². The number of aromatic nitrogens is 1. The molecule has 5 nitrogen and oxygen atoms in total. The molecule has 146 valence electrons. The quantitative estimate of drug-likeness (QED) is 0.478. The Bertz CT molecular complexity index is 958. The van der Waals surface area contributed by atoms with E-state index in [0.29, 0.717) is 10.9 Å². The number of nitrogens with zero attached hydrogens (tertiary/aromatic N) is 1. The molecule has 0 aliphatic rings. The maximum absolute atomic E-state index is 12.2. The highest BCUT2D eigenvalue weighted by Gasteiger charge is 2.11. The summed E-state index contributed by atoms with van der Waals surface area (Å²) in [5, 5.41) is 5.21. The van der Waals surface area contributed by atoms with Crippen molar-refractivity contribution in [2.45, 2.75) is 19.8 Å². The van der Waals surface area contributed by atoms with Gasteiger partial charge in [-0.1, -0.05) is 31.5 Å². The molecule has 0 saturated carbocycles. The molecule has 0 bridgehead atoms. The van der Waals surface area contributed by atoms with Gasteiger partial charge < -0.3 is 9.47 Å². The van der Waals surface area contributed by atoms with Crippen LogP contribution in [0.1, 0.15) is 18.9 Å². The monoisotopic (exact) mass is 460 g/mol. The van der Waals surface area contributed by atoms with Gasteiger partial charge in [0.05, 0.1) is 17.3 Å².